The molecule has 60 heavy (non-hydrogen) atoms. The molecule has 2 fully saturated rings. The first-order valence-electron chi connectivity index (χ1n) is 21.1. The van der Waals surface area contributed by atoms with E-state index < -0.39 is 27.6 Å². The Morgan fingerprint density at radius 3 is 2.63 bits per heavy atom. The SMILES string of the molecule is C=CC[C@H](COc1ccn(CC)n1)C[S@@](=O)(=NC(=O)c1ccc2c(c1)N(C[C@@H]1CC[C@H]1[C@H](C=C)OC)Cc1ccc(Cl)cc1CCCCO2)NC(=O)COC1CCOCC1. The van der Waals surface area contributed by atoms with E-state index in [1.165, 1.54) is 5.56 Å². The molecule has 3 aromatic rings. The second-order valence-electron chi connectivity index (χ2n) is 15.8. The molecule has 3 heterocycles. The molecule has 15 heteroatoms. The number of aryl methyl sites for hydroxylation is 2. The first kappa shape index (κ1) is 45.3. The van der Waals surface area contributed by atoms with Gasteiger partial charge in [-0.2, -0.15) is 0 Å². The van der Waals surface area contributed by atoms with Gasteiger partial charge < -0.3 is 28.6 Å². The molecule has 1 saturated carbocycles. The molecule has 2 aliphatic heterocycles. The van der Waals surface area contributed by atoms with Crippen LogP contribution in [0.4, 0.5) is 5.69 Å². The van der Waals surface area contributed by atoms with Crippen LogP contribution in [0.3, 0.4) is 0 Å². The van der Waals surface area contributed by atoms with Gasteiger partial charge in [0.05, 0.1) is 36.9 Å². The van der Waals surface area contributed by atoms with Gasteiger partial charge in [0.25, 0.3) is 11.8 Å². The average molecular weight is 867 g/mol. The number of fused-ring (bicyclic) bond motifs is 2. The number of hydrogen-bond acceptors (Lipinski definition) is 10. The number of anilines is 1. The molecule has 1 aromatic heterocycles. The second-order valence-corrected chi connectivity index (χ2v) is 18.2. The van der Waals surface area contributed by atoms with Crippen molar-refractivity contribution in [2.24, 2.45) is 22.1 Å². The number of methoxy groups -OCH3 is 1. The highest BCUT2D eigenvalue weighted by Gasteiger charge is 2.38. The summed E-state index contributed by atoms with van der Waals surface area (Å²) in [6.07, 6.45) is 11.5. The van der Waals surface area contributed by atoms with Crippen LogP contribution >= 0.6 is 11.6 Å². The van der Waals surface area contributed by atoms with Crippen molar-refractivity contribution in [3.8, 4) is 11.6 Å². The van der Waals surface area contributed by atoms with Crippen molar-refractivity contribution in [1.82, 2.24) is 14.5 Å². The Bertz CT molecular complexity index is 2060. The van der Waals surface area contributed by atoms with Crippen molar-refractivity contribution < 1.29 is 37.5 Å². The fourth-order valence-corrected chi connectivity index (χ4v) is 10.2. The third-order valence-corrected chi connectivity index (χ3v) is 13.7. The molecule has 1 saturated heterocycles. The van der Waals surface area contributed by atoms with Gasteiger partial charge in [-0.1, -0.05) is 29.8 Å². The lowest BCUT2D eigenvalue weighted by atomic mass is 9.70. The van der Waals surface area contributed by atoms with Crippen LogP contribution < -0.4 is 19.1 Å². The molecule has 0 unspecified atom stereocenters. The number of aromatic nitrogens is 2. The summed E-state index contributed by atoms with van der Waals surface area (Å²) in [6.45, 7) is 13.1. The van der Waals surface area contributed by atoms with E-state index >= 15 is 0 Å². The van der Waals surface area contributed by atoms with Gasteiger partial charge in [0.1, 0.15) is 22.3 Å². The fourth-order valence-electron chi connectivity index (χ4n) is 8.11. The zero-order valence-electron chi connectivity index (χ0n) is 34.9. The van der Waals surface area contributed by atoms with Gasteiger partial charge in [-0.05, 0) is 112 Å². The molecule has 3 aliphatic rings. The summed E-state index contributed by atoms with van der Waals surface area (Å²) >= 11 is 6.50. The fraction of sp³-hybridized carbons (Fsp3) is 0.533. The number of amides is 2. The Labute approximate surface area is 360 Å². The lowest BCUT2D eigenvalue weighted by Crippen LogP contribution is -2.43. The van der Waals surface area contributed by atoms with Gasteiger partial charge in [-0.3, -0.25) is 19.0 Å². The van der Waals surface area contributed by atoms with Gasteiger partial charge >= 0.3 is 0 Å². The van der Waals surface area contributed by atoms with Crippen LogP contribution in [0.1, 0.15) is 73.4 Å². The number of nitrogens with one attached hydrogen (secondary N) is 1. The van der Waals surface area contributed by atoms with Crippen molar-refractivity contribution in [2.75, 3.05) is 57.3 Å². The number of ether oxygens (including phenoxy) is 5. The Morgan fingerprint density at radius 2 is 1.92 bits per heavy atom. The standard InChI is InChI=1S/C45H60ClN5O8S/c1-5-10-32(29-59-44-18-21-51(7-3)47-44)31-60(54,48-43(52)30-58-38-19-23-56-24-20-38)49-45(53)34-14-17-42-40(26-34)50(28-36-13-16-39(36)41(6-2)55-4)27-35-12-15-37(46)25-33(35)11-8-9-22-57-42/h5-6,12,14-15,17-18,21,25-26,32,36,38-39,41H,1-2,7-11,13,16,19-20,22-24,27-31H2,3-4H3,(H,48,49,52,53,54)/t32-,36+,39-,41+,60+/m1/s1. The molecule has 1 N–H and O–H groups in total. The van der Waals surface area contributed by atoms with E-state index in [1.54, 1.807) is 42.1 Å². The van der Waals surface area contributed by atoms with Crippen molar-refractivity contribution in [3.05, 3.63) is 95.7 Å². The Hall–Kier alpha value is -4.21. The monoisotopic (exact) mass is 865 g/mol. The van der Waals surface area contributed by atoms with Crippen LogP contribution in [0, 0.1) is 17.8 Å². The van der Waals surface area contributed by atoms with Crippen molar-refractivity contribution in [3.63, 3.8) is 0 Å². The number of hydrogen-bond donors (Lipinski definition) is 1. The number of rotatable bonds is 18. The maximum atomic E-state index is 14.9. The normalized spacial score (nSPS) is 20.4. The largest absolute Gasteiger partial charge is 0.491 e. The molecule has 6 rings (SSSR count). The molecule has 2 aromatic carbocycles. The van der Waals surface area contributed by atoms with Crippen molar-refractivity contribution in [2.45, 2.75) is 83.6 Å². The zero-order valence-corrected chi connectivity index (χ0v) is 36.5. The minimum absolute atomic E-state index is 0.0735. The number of benzene rings is 2. The lowest BCUT2D eigenvalue weighted by molar-refractivity contribution is -0.128. The molecular formula is C45H60ClN5O8S. The second kappa shape index (κ2) is 22.1. The third kappa shape index (κ3) is 12.4. The molecule has 0 radical (unpaired) electrons. The molecule has 2 amide bonds. The van der Waals surface area contributed by atoms with Crippen molar-refractivity contribution >= 4 is 39.0 Å². The van der Waals surface area contributed by atoms with Gasteiger partial charge in [0, 0.05) is 68.7 Å². The number of halogens is 1. The van der Waals surface area contributed by atoms with Crippen LogP contribution in [-0.2, 0) is 48.4 Å². The minimum Gasteiger partial charge on any atom is -0.491 e. The predicted molar refractivity (Wildman–Crippen MR) is 234 cm³/mol. The highest BCUT2D eigenvalue weighted by Crippen LogP contribution is 2.42. The first-order valence-corrected chi connectivity index (χ1v) is 23.2. The Balaban J connectivity index is 1.33. The molecule has 0 bridgehead atoms. The topological polar surface area (TPSA) is 143 Å². The molecule has 1 aliphatic carbocycles. The number of carbonyl (C=O) groups excluding carboxylic acids is 2. The number of allylic oxidation sites excluding steroid dienone is 1. The lowest BCUT2D eigenvalue weighted by Gasteiger charge is -2.43. The number of nitrogens with zero attached hydrogens (tertiary/aromatic N) is 4. The Morgan fingerprint density at radius 1 is 1.08 bits per heavy atom. The quantitative estimate of drug-likeness (QED) is 0.127. The summed E-state index contributed by atoms with van der Waals surface area (Å²) in [5.74, 6) is -0.332. The van der Waals surface area contributed by atoms with Gasteiger partial charge in [0.2, 0.25) is 5.88 Å². The molecule has 326 valence electrons. The van der Waals surface area contributed by atoms with E-state index in [-0.39, 0.29) is 42.7 Å². The maximum absolute atomic E-state index is 14.9. The highest BCUT2D eigenvalue weighted by atomic mass is 35.5. The number of carbonyl (C=O) groups is 2. The third-order valence-electron chi connectivity index (χ3n) is 11.5. The highest BCUT2D eigenvalue weighted by molar-refractivity contribution is 7.92. The van der Waals surface area contributed by atoms with Crippen LogP contribution in [-0.4, -0.2) is 90.5 Å². The summed E-state index contributed by atoms with van der Waals surface area (Å²) in [4.78, 5) is 30.0. The van der Waals surface area contributed by atoms with Gasteiger partial charge in [-0.25, -0.2) is 4.21 Å². The summed E-state index contributed by atoms with van der Waals surface area (Å²) < 4.78 is 53.0. The van der Waals surface area contributed by atoms with Gasteiger partial charge in [-0.15, -0.1) is 22.6 Å². The summed E-state index contributed by atoms with van der Waals surface area (Å²) in [5, 5.41) is 5.08. The average Bonchev–Trinajstić information content (AvgIpc) is 3.70. The molecule has 0 spiro atoms. The molecule has 5 atom stereocenters. The van der Waals surface area contributed by atoms with Crippen LogP contribution in [0.25, 0.3) is 0 Å². The summed E-state index contributed by atoms with van der Waals surface area (Å²) in [7, 11) is -2.00. The maximum Gasteiger partial charge on any atom is 0.286 e. The smallest absolute Gasteiger partial charge is 0.286 e. The molecule has 13 nitrogen and oxygen atoms in total. The van der Waals surface area contributed by atoms with E-state index in [2.05, 4.69) is 38.3 Å². The Kier molecular flexibility index (Phi) is 16.7. The van der Waals surface area contributed by atoms with Gasteiger partial charge in [0.15, 0.2) is 0 Å². The first-order chi connectivity index (χ1) is 29.1. The van der Waals surface area contributed by atoms with Crippen molar-refractivity contribution in [1.29, 1.82) is 0 Å². The van der Waals surface area contributed by atoms with E-state index in [4.69, 9.17) is 35.3 Å². The van der Waals surface area contributed by atoms with Crippen LogP contribution in [0.5, 0.6) is 11.6 Å². The van der Waals surface area contributed by atoms with Crippen LogP contribution in [0.15, 0.2) is 78.3 Å². The van der Waals surface area contributed by atoms with E-state index in [0.29, 0.717) is 81.3 Å². The summed E-state index contributed by atoms with van der Waals surface area (Å²) in [5.41, 5.74) is 3.25. The zero-order chi connectivity index (χ0) is 42.5. The van der Waals surface area contributed by atoms with E-state index in [9.17, 15) is 13.8 Å². The predicted octanol–water partition coefficient (Wildman–Crippen LogP) is 7.61. The molecular weight excluding hydrogens is 806 g/mol. The minimum atomic E-state index is -3.72. The summed E-state index contributed by atoms with van der Waals surface area (Å²) in [6, 6.07) is 13.0. The van der Waals surface area contributed by atoms with Crippen LogP contribution in [0.2, 0.25) is 5.02 Å². The van der Waals surface area contributed by atoms with E-state index in [0.717, 1.165) is 43.4 Å². The van der Waals surface area contributed by atoms with E-state index in [1.807, 2.05) is 31.3 Å².